The second-order valence-electron chi connectivity index (χ2n) is 6.23. The van der Waals surface area contributed by atoms with E-state index in [-0.39, 0.29) is 52.3 Å². The highest BCUT2D eigenvalue weighted by atomic mass is 35.5. The smallest absolute Gasteiger partial charge is 0.316 e. The summed E-state index contributed by atoms with van der Waals surface area (Å²) in [5.74, 6) is -0.740. The van der Waals surface area contributed by atoms with Crippen LogP contribution in [0.5, 0.6) is 29.1 Å². The van der Waals surface area contributed by atoms with Crippen LogP contribution in [0.15, 0.2) is 35.5 Å². The van der Waals surface area contributed by atoms with Crippen LogP contribution < -0.4 is 24.7 Å². The number of sulfone groups is 1. The van der Waals surface area contributed by atoms with Crippen LogP contribution in [0.3, 0.4) is 0 Å². The zero-order valence-corrected chi connectivity index (χ0v) is 18.9. The second-order valence-corrected chi connectivity index (χ2v) is 8.65. The van der Waals surface area contributed by atoms with Crippen molar-refractivity contribution in [1.82, 2.24) is 19.9 Å². The van der Waals surface area contributed by atoms with Gasteiger partial charge in [-0.15, -0.1) is 0 Å². The molecular formula is C19H17ClN5O7S. The summed E-state index contributed by atoms with van der Waals surface area (Å²) in [5.41, 5.74) is 5.22. The quantitative estimate of drug-likeness (QED) is 0.405. The van der Waals surface area contributed by atoms with Crippen LogP contribution in [0, 0.1) is 6.20 Å². The molecule has 1 amide bonds. The summed E-state index contributed by atoms with van der Waals surface area (Å²) in [6.07, 6.45) is 5.79. The van der Waals surface area contributed by atoms with E-state index in [2.05, 4.69) is 26.1 Å². The van der Waals surface area contributed by atoms with Gasteiger partial charge in [-0.2, -0.15) is 4.98 Å². The van der Waals surface area contributed by atoms with E-state index < -0.39 is 15.7 Å². The average molecular weight is 495 g/mol. The van der Waals surface area contributed by atoms with Gasteiger partial charge in [0.15, 0.2) is 9.84 Å². The van der Waals surface area contributed by atoms with Gasteiger partial charge in [-0.05, 0) is 12.1 Å². The molecule has 2 heterocycles. The van der Waals surface area contributed by atoms with Gasteiger partial charge in [-0.3, -0.25) is 4.79 Å². The van der Waals surface area contributed by atoms with Gasteiger partial charge < -0.3 is 24.7 Å². The standard InChI is InChI=1S/C19H17ClN5O7S/c1-29-11-3-4-13(20)14(7-11)32-15-10-22-17(16(21)26)25-18(15)30-5-6-31-19-23-8-12(9-24-19)33(2,27)28/h3-4,7-9H,5-6H2,1-2H3,(H2,21,26). The first-order valence-electron chi connectivity index (χ1n) is 9.06. The molecule has 1 aromatic carbocycles. The molecule has 0 spiro atoms. The number of rotatable bonds is 10. The van der Waals surface area contributed by atoms with Gasteiger partial charge in [-0.1, -0.05) is 11.6 Å². The zero-order valence-electron chi connectivity index (χ0n) is 17.3. The number of carbonyl (C=O) groups is 1. The highest BCUT2D eigenvalue weighted by molar-refractivity contribution is 7.90. The molecule has 0 aliphatic rings. The van der Waals surface area contributed by atoms with E-state index in [0.717, 1.165) is 18.6 Å². The van der Waals surface area contributed by atoms with E-state index in [1.165, 1.54) is 13.2 Å². The van der Waals surface area contributed by atoms with Crippen LogP contribution in [-0.4, -0.2) is 60.8 Å². The lowest BCUT2D eigenvalue weighted by Gasteiger charge is -2.13. The fourth-order valence-corrected chi connectivity index (χ4v) is 2.88. The van der Waals surface area contributed by atoms with Crippen molar-refractivity contribution in [1.29, 1.82) is 0 Å². The zero-order chi connectivity index (χ0) is 24.0. The first kappa shape index (κ1) is 23.9. The third-order valence-corrected chi connectivity index (χ3v) is 5.20. The number of nitrogens with two attached hydrogens (primary N) is 1. The summed E-state index contributed by atoms with van der Waals surface area (Å²) in [4.78, 5) is 26.7. The van der Waals surface area contributed by atoms with Crippen LogP contribution in [0.25, 0.3) is 0 Å². The molecule has 0 aliphatic carbocycles. The maximum Gasteiger partial charge on any atom is 0.316 e. The molecule has 0 bridgehead atoms. The lowest BCUT2D eigenvalue weighted by atomic mass is 10.3. The predicted molar refractivity (Wildman–Crippen MR) is 114 cm³/mol. The van der Waals surface area contributed by atoms with Gasteiger partial charge in [0.05, 0.1) is 24.5 Å². The molecule has 33 heavy (non-hydrogen) atoms. The number of halogens is 1. The number of aromatic nitrogens is 4. The van der Waals surface area contributed by atoms with Crippen molar-refractivity contribution < 1.29 is 32.2 Å². The van der Waals surface area contributed by atoms with Crippen LogP contribution >= 0.6 is 11.6 Å². The van der Waals surface area contributed by atoms with Gasteiger partial charge >= 0.3 is 6.01 Å². The Hall–Kier alpha value is -3.71. The number of hydrogen-bond donors (Lipinski definition) is 1. The van der Waals surface area contributed by atoms with Crippen molar-refractivity contribution in [3.63, 3.8) is 0 Å². The Morgan fingerprint density at radius 1 is 1.18 bits per heavy atom. The van der Waals surface area contributed by atoms with E-state index in [4.69, 9.17) is 36.3 Å². The number of carbonyl (C=O) groups excluding carboxylic acids is 1. The second kappa shape index (κ2) is 10.3. The molecule has 12 nitrogen and oxygen atoms in total. The van der Waals surface area contributed by atoms with E-state index in [1.54, 1.807) is 12.1 Å². The Morgan fingerprint density at radius 3 is 2.52 bits per heavy atom. The average Bonchev–Trinajstić information content (AvgIpc) is 2.78. The molecule has 0 saturated heterocycles. The molecule has 3 aromatic rings. The van der Waals surface area contributed by atoms with E-state index >= 15 is 0 Å². The summed E-state index contributed by atoms with van der Waals surface area (Å²) >= 11 is 6.15. The molecule has 0 aliphatic heterocycles. The van der Waals surface area contributed by atoms with Gasteiger partial charge in [0.1, 0.15) is 35.8 Å². The molecule has 14 heteroatoms. The Kier molecular flexibility index (Phi) is 7.45. The first-order chi connectivity index (χ1) is 15.7. The number of ether oxygens (including phenoxy) is 4. The number of primary amides is 1. The van der Waals surface area contributed by atoms with Crippen molar-refractivity contribution in [2.45, 2.75) is 4.90 Å². The maximum atomic E-state index is 11.4. The van der Waals surface area contributed by atoms with Gasteiger partial charge in [0.2, 0.25) is 11.6 Å². The number of nitrogens with zero attached hydrogens (tertiary/aromatic N) is 4. The lowest BCUT2D eigenvalue weighted by molar-refractivity contribution is 0.0988. The van der Waals surface area contributed by atoms with E-state index in [9.17, 15) is 13.2 Å². The molecule has 0 fully saturated rings. The van der Waals surface area contributed by atoms with Crippen molar-refractivity contribution in [3.05, 3.63) is 47.6 Å². The van der Waals surface area contributed by atoms with Crippen molar-refractivity contribution in [2.75, 3.05) is 26.6 Å². The summed E-state index contributed by atoms with van der Waals surface area (Å²) in [5, 5.41) is 0.271. The third kappa shape index (κ3) is 6.40. The Balaban J connectivity index is 1.71. The molecule has 2 aromatic heterocycles. The lowest BCUT2D eigenvalue weighted by Crippen LogP contribution is -2.17. The van der Waals surface area contributed by atoms with E-state index in [1.807, 2.05) is 0 Å². The van der Waals surface area contributed by atoms with Crippen LogP contribution in [0.1, 0.15) is 10.6 Å². The third-order valence-electron chi connectivity index (χ3n) is 3.82. The Morgan fingerprint density at radius 2 is 1.88 bits per heavy atom. The summed E-state index contributed by atoms with van der Waals surface area (Å²) < 4.78 is 44.6. The minimum Gasteiger partial charge on any atom is -0.497 e. The number of methoxy groups -OCH3 is 1. The topological polar surface area (TPSA) is 166 Å². The largest absolute Gasteiger partial charge is 0.497 e. The number of benzene rings is 1. The molecular weight excluding hydrogens is 478 g/mol. The van der Waals surface area contributed by atoms with E-state index in [0.29, 0.717) is 5.75 Å². The SMILES string of the molecule is COc1ccc(Cl)c(Oc2[c]nc(C(N)=O)nc2OCCOc2ncc(S(C)(=O)=O)cn2)c1. The monoisotopic (exact) mass is 494 g/mol. The molecule has 173 valence electrons. The van der Waals surface area contributed by atoms with Crippen molar-refractivity contribution in [3.8, 4) is 29.1 Å². The van der Waals surface area contributed by atoms with Gasteiger partial charge in [0.25, 0.3) is 11.8 Å². The van der Waals surface area contributed by atoms with Crippen molar-refractivity contribution >= 4 is 27.3 Å². The van der Waals surface area contributed by atoms with Crippen LogP contribution in [0.2, 0.25) is 5.02 Å². The van der Waals surface area contributed by atoms with Crippen LogP contribution in [0.4, 0.5) is 0 Å². The highest BCUT2D eigenvalue weighted by Gasteiger charge is 2.17. The first-order valence-corrected chi connectivity index (χ1v) is 11.3. The van der Waals surface area contributed by atoms with Gasteiger partial charge in [-0.25, -0.2) is 23.4 Å². The normalized spacial score (nSPS) is 11.0. The minimum absolute atomic E-state index is 0.0420. The number of amides is 1. The Bertz CT molecular complexity index is 1260. The summed E-state index contributed by atoms with van der Waals surface area (Å²) in [6, 6.07) is 4.68. The summed E-state index contributed by atoms with van der Waals surface area (Å²) in [7, 11) is -1.94. The molecule has 0 unspecified atom stereocenters. The fourth-order valence-electron chi connectivity index (χ4n) is 2.24. The summed E-state index contributed by atoms with van der Waals surface area (Å²) in [6.45, 7) is -0.129. The Labute approximate surface area is 193 Å². The molecule has 1 radical (unpaired) electrons. The molecule has 3 rings (SSSR count). The van der Waals surface area contributed by atoms with Crippen LogP contribution in [-0.2, 0) is 9.84 Å². The highest BCUT2D eigenvalue weighted by Crippen LogP contribution is 2.35. The molecule has 2 N–H and O–H groups in total. The number of hydrogen-bond acceptors (Lipinski definition) is 11. The molecule has 0 atom stereocenters. The van der Waals surface area contributed by atoms with Crippen molar-refractivity contribution in [2.24, 2.45) is 5.73 Å². The molecule has 0 saturated carbocycles. The van der Waals surface area contributed by atoms with Gasteiger partial charge in [0, 0.05) is 12.3 Å². The maximum absolute atomic E-state index is 11.4. The fraction of sp³-hybridized carbons (Fsp3) is 0.211. The minimum atomic E-state index is -3.42. The predicted octanol–water partition coefficient (Wildman–Crippen LogP) is 1.48.